The number of unbranched alkanes of at least 4 members (excludes halogenated alkanes) is 4. The van der Waals surface area contributed by atoms with Crippen molar-refractivity contribution in [3.8, 4) is 0 Å². The number of esters is 1. The molecule has 168 valence electrons. The molecular weight excluding hydrogens is 372 g/mol. The molecule has 0 aromatic heterocycles. The number of ether oxygens (including phenoxy) is 1. The number of fused-ring (bicyclic) bond motifs is 1. The van der Waals surface area contributed by atoms with E-state index in [0.29, 0.717) is 19.3 Å². The van der Waals surface area contributed by atoms with Crippen molar-refractivity contribution < 1.29 is 30.0 Å². The van der Waals surface area contributed by atoms with Crippen molar-refractivity contribution in [2.24, 2.45) is 16.7 Å². The Bertz CT molecular complexity index is 600. The Morgan fingerprint density at radius 1 is 1.17 bits per heavy atom. The van der Waals surface area contributed by atoms with Crippen LogP contribution >= 0.6 is 0 Å². The molecular formula is C23H40O6. The first-order valence-electron chi connectivity index (χ1n) is 11.1. The van der Waals surface area contributed by atoms with Gasteiger partial charge < -0.3 is 25.2 Å². The van der Waals surface area contributed by atoms with Gasteiger partial charge in [0.25, 0.3) is 0 Å². The second-order valence-corrected chi connectivity index (χ2v) is 9.79. The van der Waals surface area contributed by atoms with Gasteiger partial charge in [-0.25, -0.2) is 0 Å². The molecule has 2 aliphatic carbocycles. The van der Waals surface area contributed by atoms with Gasteiger partial charge in [0, 0.05) is 17.8 Å². The first kappa shape index (κ1) is 24.3. The third kappa shape index (κ3) is 4.41. The Hall–Kier alpha value is -0.950. The smallest absolute Gasteiger partial charge is 0.306 e. The summed E-state index contributed by atoms with van der Waals surface area (Å²) in [7, 11) is 0. The van der Waals surface area contributed by atoms with Crippen LogP contribution in [0.1, 0.15) is 79.1 Å². The SMILES string of the molecule is CCCCCCCC(=O)O[C@H]1C=C(CO)[C@](O)(CO)[C@@]2(C)[C@@H](O)CCC(C)(C)[C@H]12. The van der Waals surface area contributed by atoms with Crippen molar-refractivity contribution in [3.05, 3.63) is 11.6 Å². The van der Waals surface area contributed by atoms with Crippen molar-refractivity contribution in [1.29, 1.82) is 0 Å². The van der Waals surface area contributed by atoms with Gasteiger partial charge in [-0.15, -0.1) is 0 Å². The van der Waals surface area contributed by atoms with Crippen molar-refractivity contribution in [2.45, 2.75) is 96.9 Å². The maximum absolute atomic E-state index is 12.6. The minimum atomic E-state index is -1.77. The van der Waals surface area contributed by atoms with Crippen LogP contribution in [0.5, 0.6) is 0 Å². The van der Waals surface area contributed by atoms with Crippen LogP contribution in [-0.4, -0.2) is 57.4 Å². The Morgan fingerprint density at radius 3 is 2.41 bits per heavy atom. The maximum atomic E-state index is 12.6. The van der Waals surface area contributed by atoms with Gasteiger partial charge in [0.2, 0.25) is 0 Å². The minimum Gasteiger partial charge on any atom is -0.458 e. The van der Waals surface area contributed by atoms with Gasteiger partial charge in [0.1, 0.15) is 11.7 Å². The largest absolute Gasteiger partial charge is 0.458 e. The molecule has 0 aromatic carbocycles. The van der Waals surface area contributed by atoms with Crippen LogP contribution in [0.4, 0.5) is 0 Å². The molecule has 0 saturated heterocycles. The van der Waals surface area contributed by atoms with E-state index in [2.05, 4.69) is 6.92 Å². The van der Waals surface area contributed by atoms with Crippen LogP contribution in [0.25, 0.3) is 0 Å². The second-order valence-electron chi connectivity index (χ2n) is 9.79. The van der Waals surface area contributed by atoms with E-state index in [-0.39, 0.29) is 17.0 Å². The summed E-state index contributed by atoms with van der Waals surface area (Å²) in [5.41, 5.74) is -3.05. The van der Waals surface area contributed by atoms with Gasteiger partial charge in [0.05, 0.1) is 19.3 Å². The Morgan fingerprint density at radius 2 is 1.83 bits per heavy atom. The number of hydrogen-bond donors (Lipinski definition) is 4. The van der Waals surface area contributed by atoms with Gasteiger partial charge >= 0.3 is 5.97 Å². The summed E-state index contributed by atoms with van der Waals surface area (Å²) in [6.07, 6.45) is 6.73. The summed E-state index contributed by atoms with van der Waals surface area (Å²) in [6.45, 7) is 6.89. The molecule has 2 aliphatic rings. The van der Waals surface area contributed by atoms with Crippen molar-refractivity contribution in [2.75, 3.05) is 13.2 Å². The Balaban J connectivity index is 2.31. The first-order chi connectivity index (χ1) is 13.6. The summed E-state index contributed by atoms with van der Waals surface area (Å²) in [5, 5.41) is 42.3. The summed E-state index contributed by atoms with van der Waals surface area (Å²) in [5.74, 6) is -0.692. The monoisotopic (exact) mass is 412 g/mol. The van der Waals surface area contributed by atoms with Crippen molar-refractivity contribution in [1.82, 2.24) is 0 Å². The molecule has 0 radical (unpaired) electrons. The van der Waals surface area contributed by atoms with E-state index in [1.54, 1.807) is 13.0 Å². The molecule has 5 atom stereocenters. The fraction of sp³-hybridized carbons (Fsp3) is 0.870. The highest BCUT2D eigenvalue weighted by atomic mass is 16.5. The van der Waals surface area contributed by atoms with E-state index in [1.807, 2.05) is 13.8 Å². The van der Waals surface area contributed by atoms with Gasteiger partial charge in [0.15, 0.2) is 0 Å². The highest BCUT2D eigenvalue weighted by Crippen LogP contribution is 2.61. The third-order valence-corrected chi connectivity index (χ3v) is 7.51. The van der Waals surface area contributed by atoms with Gasteiger partial charge in [-0.2, -0.15) is 0 Å². The molecule has 0 spiro atoms. The predicted molar refractivity (Wildman–Crippen MR) is 111 cm³/mol. The van der Waals surface area contributed by atoms with E-state index >= 15 is 0 Å². The molecule has 4 N–H and O–H groups in total. The van der Waals surface area contributed by atoms with Crippen LogP contribution < -0.4 is 0 Å². The Labute approximate surface area is 175 Å². The molecule has 0 aliphatic heterocycles. The van der Waals surface area contributed by atoms with Crippen molar-refractivity contribution in [3.63, 3.8) is 0 Å². The van der Waals surface area contributed by atoms with E-state index in [0.717, 1.165) is 32.1 Å². The molecule has 1 fully saturated rings. The van der Waals surface area contributed by atoms with Gasteiger partial charge in [-0.3, -0.25) is 4.79 Å². The zero-order valence-corrected chi connectivity index (χ0v) is 18.5. The van der Waals surface area contributed by atoms with Crippen molar-refractivity contribution >= 4 is 5.97 Å². The molecule has 29 heavy (non-hydrogen) atoms. The normalized spacial score (nSPS) is 36.3. The lowest BCUT2D eigenvalue weighted by Gasteiger charge is -2.63. The highest BCUT2D eigenvalue weighted by molar-refractivity contribution is 5.69. The fourth-order valence-electron chi connectivity index (χ4n) is 5.72. The quantitative estimate of drug-likeness (QED) is 0.264. The van der Waals surface area contributed by atoms with E-state index in [9.17, 15) is 25.2 Å². The number of aliphatic hydroxyl groups is 4. The van der Waals surface area contributed by atoms with E-state index in [1.165, 1.54) is 0 Å². The summed E-state index contributed by atoms with van der Waals surface area (Å²) >= 11 is 0. The second kappa shape index (κ2) is 9.46. The summed E-state index contributed by atoms with van der Waals surface area (Å²) in [4.78, 5) is 12.6. The third-order valence-electron chi connectivity index (χ3n) is 7.51. The van der Waals surface area contributed by atoms with E-state index < -0.39 is 42.4 Å². The molecule has 6 heteroatoms. The number of rotatable bonds is 9. The lowest BCUT2D eigenvalue weighted by Crippen LogP contribution is -2.70. The molecule has 6 nitrogen and oxygen atoms in total. The summed E-state index contributed by atoms with van der Waals surface area (Å²) in [6, 6.07) is 0. The maximum Gasteiger partial charge on any atom is 0.306 e. The number of carbonyl (C=O) groups excluding carboxylic acids is 1. The topological polar surface area (TPSA) is 107 Å². The van der Waals surface area contributed by atoms with Gasteiger partial charge in [-0.05, 0) is 36.3 Å². The molecule has 0 heterocycles. The summed E-state index contributed by atoms with van der Waals surface area (Å²) < 4.78 is 5.86. The molecule has 0 amide bonds. The first-order valence-corrected chi connectivity index (χ1v) is 11.1. The molecule has 2 rings (SSSR count). The zero-order chi connectivity index (χ0) is 21.9. The van der Waals surface area contributed by atoms with Crippen LogP contribution in [0, 0.1) is 16.7 Å². The zero-order valence-electron chi connectivity index (χ0n) is 18.5. The highest BCUT2D eigenvalue weighted by Gasteiger charge is 2.67. The number of aliphatic hydroxyl groups excluding tert-OH is 3. The lowest BCUT2D eigenvalue weighted by molar-refractivity contribution is -0.237. The predicted octanol–water partition coefficient (Wildman–Crippen LogP) is 2.72. The number of hydrogen-bond acceptors (Lipinski definition) is 6. The fourth-order valence-corrected chi connectivity index (χ4v) is 5.72. The number of carbonyl (C=O) groups is 1. The average molecular weight is 413 g/mol. The minimum absolute atomic E-state index is 0.205. The Kier molecular flexibility index (Phi) is 7.93. The van der Waals surface area contributed by atoms with Crippen LogP contribution in [0.15, 0.2) is 11.6 Å². The standard InChI is InChI=1S/C23H40O6/c1-5-6-7-8-9-10-19(27)29-17-13-16(14-24)23(28,15-25)22(4)18(26)11-12-21(2,3)20(17)22/h13,17-18,20,24-26,28H,5-12,14-15H2,1-4H3/t17-,18-,20-,22-,23+/m0/s1. The molecule has 0 unspecified atom stereocenters. The average Bonchev–Trinajstić information content (AvgIpc) is 2.67. The molecule has 0 bridgehead atoms. The van der Waals surface area contributed by atoms with Crippen LogP contribution in [0.2, 0.25) is 0 Å². The lowest BCUT2D eigenvalue weighted by atomic mass is 9.45. The van der Waals surface area contributed by atoms with Crippen LogP contribution in [0.3, 0.4) is 0 Å². The van der Waals surface area contributed by atoms with Crippen LogP contribution in [-0.2, 0) is 9.53 Å². The van der Waals surface area contributed by atoms with E-state index in [4.69, 9.17) is 4.74 Å². The molecule has 1 saturated carbocycles. The molecule has 0 aromatic rings. The van der Waals surface area contributed by atoms with Gasteiger partial charge in [-0.1, -0.05) is 53.4 Å².